The average Bonchev–Trinajstić information content (AvgIpc) is 3.37. The Morgan fingerprint density at radius 2 is 2.17 bits per heavy atom. The van der Waals surface area contributed by atoms with Crippen LogP contribution >= 0.6 is 11.3 Å². The number of nitrogens with one attached hydrogen (secondary N) is 2. The van der Waals surface area contributed by atoms with Gasteiger partial charge in [0.05, 0.1) is 24.7 Å². The van der Waals surface area contributed by atoms with Crippen LogP contribution in [-0.4, -0.2) is 40.3 Å². The first-order chi connectivity index (χ1) is 14.5. The highest BCUT2D eigenvalue weighted by atomic mass is 32.1. The van der Waals surface area contributed by atoms with Crippen LogP contribution in [0.3, 0.4) is 0 Å². The van der Waals surface area contributed by atoms with Gasteiger partial charge in [-0.15, -0.1) is 11.3 Å². The highest BCUT2D eigenvalue weighted by molar-refractivity contribution is 7.18. The van der Waals surface area contributed by atoms with Crippen LogP contribution in [0.1, 0.15) is 41.3 Å². The van der Waals surface area contributed by atoms with Crippen LogP contribution in [0.15, 0.2) is 27.6 Å². The molecular weight excluding hydrogens is 404 g/mol. The number of carbonyl (C=O) groups excluding carboxylic acids is 2. The lowest BCUT2D eigenvalue weighted by molar-refractivity contribution is -0.134. The summed E-state index contributed by atoms with van der Waals surface area (Å²) in [4.78, 5) is 47.8. The first kappa shape index (κ1) is 20.3. The van der Waals surface area contributed by atoms with E-state index in [1.807, 2.05) is 0 Å². The maximum absolute atomic E-state index is 12.6. The molecule has 30 heavy (non-hydrogen) atoms. The summed E-state index contributed by atoms with van der Waals surface area (Å²) in [6, 6.07) is 3.52. The smallest absolute Gasteiger partial charge is 0.259 e. The van der Waals surface area contributed by atoms with Crippen molar-refractivity contribution in [3.05, 3.63) is 50.8 Å². The molecule has 0 spiro atoms. The van der Waals surface area contributed by atoms with E-state index in [2.05, 4.69) is 15.3 Å². The molecule has 0 saturated carbocycles. The van der Waals surface area contributed by atoms with Gasteiger partial charge in [-0.1, -0.05) is 0 Å². The molecule has 1 aliphatic rings. The van der Waals surface area contributed by atoms with Gasteiger partial charge in [0.2, 0.25) is 11.8 Å². The first-order valence-electron chi connectivity index (χ1n) is 10.1. The zero-order valence-electron chi connectivity index (χ0n) is 16.8. The number of thiophene rings is 1. The molecule has 0 aliphatic heterocycles. The van der Waals surface area contributed by atoms with Crippen molar-refractivity contribution >= 4 is 33.4 Å². The molecular formula is C21H24N4O4S. The van der Waals surface area contributed by atoms with Gasteiger partial charge >= 0.3 is 0 Å². The van der Waals surface area contributed by atoms with Crippen LogP contribution in [0.2, 0.25) is 0 Å². The third kappa shape index (κ3) is 4.46. The molecule has 0 fully saturated rings. The van der Waals surface area contributed by atoms with Gasteiger partial charge in [-0.3, -0.25) is 14.4 Å². The number of carbonyl (C=O) groups is 2. The number of nitrogens with zero attached hydrogens (tertiary/aromatic N) is 2. The van der Waals surface area contributed by atoms with Gasteiger partial charge in [-0.25, -0.2) is 4.98 Å². The Morgan fingerprint density at radius 1 is 1.33 bits per heavy atom. The minimum absolute atomic E-state index is 0.0415. The van der Waals surface area contributed by atoms with Crippen LogP contribution in [0.5, 0.6) is 0 Å². The number of likely N-dealkylation sites (N-methyl/N-ethyl adjacent to an activating group) is 1. The lowest BCUT2D eigenvalue weighted by Crippen LogP contribution is -2.38. The Bertz CT molecular complexity index is 1120. The zero-order chi connectivity index (χ0) is 21.1. The van der Waals surface area contributed by atoms with Crippen molar-refractivity contribution in [3.63, 3.8) is 0 Å². The Balaban J connectivity index is 1.33. The average molecular weight is 429 g/mol. The number of fused-ring (bicyclic) bond motifs is 3. The van der Waals surface area contributed by atoms with Crippen molar-refractivity contribution in [2.75, 3.05) is 13.6 Å². The van der Waals surface area contributed by atoms with Gasteiger partial charge in [0.1, 0.15) is 16.4 Å². The van der Waals surface area contributed by atoms with Crippen molar-refractivity contribution in [2.45, 2.75) is 45.1 Å². The molecule has 0 radical (unpaired) electrons. The molecule has 158 valence electrons. The Kier molecular flexibility index (Phi) is 5.98. The van der Waals surface area contributed by atoms with Crippen molar-refractivity contribution in [1.82, 2.24) is 20.2 Å². The molecule has 2 amide bonds. The third-order valence-electron chi connectivity index (χ3n) is 5.30. The van der Waals surface area contributed by atoms with E-state index in [0.29, 0.717) is 18.0 Å². The van der Waals surface area contributed by atoms with E-state index in [4.69, 9.17) is 4.42 Å². The van der Waals surface area contributed by atoms with E-state index >= 15 is 0 Å². The Morgan fingerprint density at radius 3 is 2.97 bits per heavy atom. The molecule has 3 aromatic rings. The maximum atomic E-state index is 12.6. The predicted octanol–water partition coefficient (Wildman–Crippen LogP) is 2.16. The minimum atomic E-state index is -0.264. The van der Waals surface area contributed by atoms with Gasteiger partial charge in [-0.2, -0.15) is 0 Å². The lowest BCUT2D eigenvalue weighted by atomic mass is 9.97. The van der Waals surface area contributed by atoms with E-state index in [1.165, 1.54) is 16.0 Å². The van der Waals surface area contributed by atoms with Crippen molar-refractivity contribution in [2.24, 2.45) is 0 Å². The molecule has 0 aromatic carbocycles. The van der Waals surface area contributed by atoms with Crippen LogP contribution < -0.4 is 10.9 Å². The van der Waals surface area contributed by atoms with Crippen molar-refractivity contribution in [1.29, 1.82) is 0 Å². The molecule has 3 aromatic heterocycles. The summed E-state index contributed by atoms with van der Waals surface area (Å²) in [5.74, 6) is 0.712. The second kappa shape index (κ2) is 8.83. The summed E-state index contributed by atoms with van der Waals surface area (Å²) in [6.07, 6.45) is 6.24. The predicted molar refractivity (Wildman–Crippen MR) is 113 cm³/mol. The standard InChI is InChI=1S/C21H24N4O4S/c1-25(12-17(26)22-11-13-5-4-10-29-13)18(27)9-8-16-23-20(28)19-14-6-2-3-7-15(14)30-21(19)24-16/h4-5,10H,2-3,6-9,11-12H2,1H3,(H,22,26)(H,23,24,28). The second-order valence-electron chi connectivity index (χ2n) is 7.51. The zero-order valence-corrected chi connectivity index (χ0v) is 17.6. The van der Waals surface area contributed by atoms with E-state index < -0.39 is 0 Å². The molecule has 4 rings (SSSR count). The number of furan rings is 1. The van der Waals surface area contributed by atoms with E-state index in [0.717, 1.165) is 41.5 Å². The Labute approximate surface area is 177 Å². The summed E-state index contributed by atoms with van der Waals surface area (Å²) in [5, 5.41) is 3.43. The third-order valence-corrected chi connectivity index (χ3v) is 6.48. The van der Waals surface area contributed by atoms with Crippen LogP contribution in [0.4, 0.5) is 0 Å². The Hall–Kier alpha value is -2.94. The lowest BCUT2D eigenvalue weighted by Gasteiger charge is -2.16. The first-order valence-corrected chi connectivity index (χ1v) is 10.9. The molecule has 8 nitrogen and oxygen atoms in total. The van der Waals surface area contributed by atoms with Gasteiger partial charge in [0.15, 0.2) is 0 Å². The highest BCUT2D eigenvalue weighted by Gasteiger charge is 2.20. The molecule has 9 heteroatoms. The van der Waals surface area contributed by atoms with Crippen LogP contribution in [0, 0.1) is 0 Å². The quantitative estimate of drug-likeness (QED) is 0.600. The monoisotopic (exact) mass is 428 g/mol. The number of hydrogen-bond donors (Lipinski definition) is 2. The van der Waals surface area contributed by atoms with Crippen LogP contribution in [-0.2, 0) is 35.4 Å². The fourth-order valence-electron chi connectivity index (χ4n) is 3.70. The molecule has 2 N–H and O–H groups in total. The summed E-state index contributed by atoms with van der Waals surface area (Å²) in [7, 11) is 1.58. The summed E-state index contributed by atoms with van der Waals surface area (Å²) < 4.78 is 5.16. The fraction of sp³-hybridized carbons (Fsp3) is 0.429. The van der Waals surface area contributed by atoms with E-state index in [1.54, 1.807) is 30.5 Å². The number of hydrogen-bond acceptors (Lipinski definition) is 6. The number of aromatic amines is 1. The molecule has 0 bridgehead atoms. The van der Waals surface area contributed by atoms with Crippen LogP contribution in [0.25, 0.3) is 10.2 Å². The number of amides is 2. The number of aryl methyl sites for hydroxylation is 3. The number of rotatable bonds is 7. The van der Waals surface area contributed by atoms with Gasteiger partial charge < -0.3 is 19.6 Å². The normalized spacial score (nSPS) is 13.2. The minimum Gasteiger partial charge on any atom is -0.467 e. The largest absolute Gasteiger partial charge is 0.467 e. The number of aromatic nitrogens is 2. The number of H-pyrrole nitrogens is 1. The maximum Gasteiger partial charge on any atom is 0.259 e. The summed E-state index contributed by atoms with van der Waals surface area (Å²) in [5.41, 5.74) is 1.03. The highest BCUT2D eigenvalue weighted by Crippen LogP contribution is 2.33. The van der Waals surface area contributed by atoms with E-state index in [-0.39, 0.29) is 36.9 Å². The topological polar surface area (TPSA) is 108 Å². The summed E-state index contributed by atoms with van der Waals surface area (Å²) >= 11 is 1.59. The van der Waals surface area contributed by atoms with Gasteiger partial charge in [0, 0.05) is 24.8 Å². The second-order valence-corrected chi connectivity index (χ2v) is 8.59. The van der Waals surface area contributed by atoms with Gasteiger partial charge in [-0.05, 0) is 43.4 Å². The van der Waals surface area contributed by atoms with Crippen molar-refractivity contribution in [3.8, 4) is 0 Å². The fourth-order valence-corrected chi connectivity index (χ4v) is 4.98. The van der Waals surface area contributed by atoms with Crippen molar-refractivity contribution < 1.29 is 14.0 Å². The van der Waals surface area contributed by atoms with E-state index in [9.17, 15) is 14.4 Å². The molecule has 3 heterocycles. The molecule has 1 aliphatic carbocycles. The summed E-state index contributed by atoms with van der Waals surface area (Å²) in [6.45, 7) is 0.240. The molecule has 0 saturated heterocycles. The molecule has 0 unspecified atom stereocenters. The van der Waals surface area contributed by atoms with Gasteiger partial charge in [0.25, 0.3) is 5.56 Å². The molecule has 0 atom stereocenters. The SMILES string of the molecule is CN(CC(=O)NCc1ccco1)C(=O)CCc1nc2sc3c(c2c(=O)[nH]1)CCCC3.